The molecule has 2 aromatic rings. The van der Waals surface area contributed by atoms with Crippen molar-refractivity contribution >= 4 is 10.0 Å². The van der Waals surface area contributed by atoms with Crippen molar-refractivity contribution in [1.29, 1.82) is 0 Å². The lowest BCUT2D eigenvalue weighted by Gasteiger charge is -2.20. The first kappa shape index (κ1) is 17.5. The summed E-state index contributed by atoms with van der Waals surface area (Å²) >= 11 is 0. The summed E-state index contributed by atoms with van der Waals surface area (Å²) < 4.78 is 57.9. The Labute approximate surface area is 132 Å². The lowest BCUT2D eigenvalue weighted by Crippen LogP contribution is -2.37. The third-order valence-corrected chi connectivity index (χ3v) is 5.14. The molecule has 6 nitrogen and oxygen atoms in total. The molecule has 0 aliphatic heterocycles. The molecule has 0 unspecified atom stereocenters. The van der Waals surface area contributed by atoms with E-state index < -0.39 is 33.8 Å². The predicted octanol–water partition coefficient (Wildman–Crippen LogP) is 1.97. The van der Waals surface area contributed by atoms with Crippen LogP contribution in [0.1, 0.15) is 30.0 Å². The van der Waals surface area contributed by atoms with Crippen LogP contribution < -0.4 is 4.72 Å². The maximum Gasteiger partial charge on any atom is 0.246 e. The SMILES string of the molecule is Cc1noc(C)c1S(=O)(=O)N[C@H](C)[C@H](O)c1ccc(F)c(F)c1. The summed E-state index contributed by atoms with van der Waals surface area (Å²) in [5.41, 5.74) is 0.238. The molecular formula is C14H16F2N2O4S. The second-order valence-corrected chi connectivity index (χ2v) is 6.83. The molecule has 9 heteroatoms. The summed E-state index contributed by atoms with van der Waals surface area (Å²) in [4.78, 5) is -0.109. The Bertz CT molecular complexity index is 801. The molecule has 23 heavy (non-hydrogen) atoms. The minimum atomic E-state index is -3.98. The molecule has 2 atom stereocenters. The van der Waals surface area contributed by atoms with Crippen LogP contribution in [0, 0.1) is 25.5 Å². The highest BCUT2D eigenvalue weighted by molar-refractivity contribution is 7.89. The average molecular weight is 346 g/mol. The number of aryl methyl sites for hydroxylation is 2. The number of benzene rings is 1. The molecule has 1 heterocycles. The number of halogens is 2. The molecule has 1 aromatic carbocycles. The number of aromatic nitrogens is 1. The molecular weight excluding hydrogens is 330 g/mol. The van der Waals surface area contributed by atoms with E-state index in [1.54, 1.807) is 0 Å². The standard InChI is InChI=1S/C14H16F2N2O4S/c1-7(13(19)10-4-5-11(15)12(16)6-10)18-23(20,21)14-8(2)17-22-9(14)3/h4-7,13,18-19H,1-3H3/t7-,13+/m1/s1. The summed E-state index contributed by atoms with van der Waals surface area (Å²) in [6, 6.07) is 1.88. The van der Waals surface area contributed by atoms with Crippen LogP contribution in [0.4, 0.5) is 8.78 Å². The van der Waals surface area contributed by atoms with Gasteiger partial charge in [-0.3, -0.25) is 0 Å². The van der Waals surface area contributed by atoms with Crippen LogP contribution in [0.5, 0.6) is 0 Å². The van der Waals surface area contributed by atoms with Gasteiger partial charge >= 0.3 is 0 Å². The van der Waals surface area contributed by atoms with Gasteiger partial charge in [0, 0.05) is 6.04 Å². The summed E-state index contributed by atoms with van der Waals surface area (Å²) in [7, 11) is -3.98. The highest BCUT2D eigenvalue weighted by Crippen LogP contribution is 2.23. The van der Waals surface area contributed by atoms with Crippen molar-refractivity contribution in [2.24, 2.45) is 0 Å². The Hall–Kier alpha value is -1.84. The monoisotopic (exact) mass is 346 g/mol. The molecule has 2 N–H and O–H groups in total. The first-order valence-electron chi connectivity index (χ1n) is 6.71. The topological polar surface area (TPSA) is 92.4 Å². The van der Waals surface area contributed by atoms with Crippen molar-refractivity contribution in [2.75, 3.05) is 0 Å². The van der Waals surface area contributed by atoms with Crippen LogP contribution in [0.15, 0.2) is 27.6 Å². The van der Waals surface area contributed by atoms with E-state index in [0.29, 0.717) is 0 Å². The van der Waals surface area contributed by atoms with Crippen molar-refractivity contribution in [2.45, 2.75) is 37.8 Å². The Morgan fingerprint density at radius 1 is 1.26 bits per heavy atom. The normalized spacial score (nSPS) is 14.7. The van der Waals surface area contributed by atoms with Crippen molar-refractivity contribution in [3.63, 3.8) is 0 Å². The van der Waals surface area contributed by atoms with E-state index in [0.717, 1.165) is 12.1 Å². The predicted molar refractivity (Wildman–Crippen MR) is 77.1 cm³/mol. The summed E-state index contributed by atoms with van der Waals surface area (Å²) in [5, 5.41) is 13.7. The quantitative estimate of drug-likeness (QED) is 0.863. The van der Waals surface area contributed by atoms with Gasteiger partial charge in [0.05, 0.1) is 6.10 Å². The van der Waals surface area contributed by atoms with Crippen molar-refractivity contribution < 1.29 is 26.8 Å². The third kappa shape index (κ3) is 3.57. The van der Waals surface area contributed by atoms with Gasteiger partial charge < -0.3 is 9.63 Å². The number of hydrogen-bond acceptors (Lipinski definition) is 5. The van der Waals surface area contributed by atoms with Gasteiger partial charge in [0.2, 0.25) is 10.0 Å². The highest BCUT2D eigenvalue weighted by atomic mass is 32.2. The molecule has 0 bridgehead atoms. The van der Waals surface area contributed by atoms with Gasteiger partial charge in [-0.25, -0.2) is 21.9 Å². The zero-order valence-corrected chi connectivity index (χ0v) is 13.5. The molecule has 0 aliphatic rings. The van der Waals surface area contributed by atoms with E-state index >= 15 is 0 Å². The molecule has 2 rings (SSSR count). The van der Waals surface area contributed by atoms with E-state index in [2.05, 4.69) is 9.88 Å². The summed E-state index contributed by atoms with van der Waals surface area (Å²) in [6.45, 7) is 4.33. The van der Waals surface area contributed by atoms with Gasteiger partial charge in [0.25, 0.3) is 0 Å². The fourth-order valence-corrected chi connectivity index (χ4v) is 3.79. The number of aliphatic hydroxyl groups is 1. The molecule has 0 spiro atoms. The Morgan fingerprint density at radius 2 is 1.91 bits per heavy atom. The van der Waals surface area contributed by atoms with Crippen LogP contribution in [0.25, 0.3) is 0 Å². The molecule has 0 radical (unpaired) electrons. The fourth-order valence-electron chi connectivity index (χ4n) is 2.21. The van der Waals surface area contributed by atoms with Gasteiger partial charge in [0.15, 0.2) is 17.4 Å². The Morgan fingerprint density at radius 3 is 2.43 bits per heavy atom. The molecule has 0 aliphatic carbocycles. The van der Waals surface area contributed by atoms with E-state index in [4.69, 9.17) is 4.52 Å². The van der Waals surface area contributed by atoms with Crippen molar-refractivity contribution in [3.05, 3.63) is 46.9 Å². The molecule has 0 saturated carbocycles. The highest BCUT2D eigenvalue weighted by Gasteiger charge is 2.29. The second kappa shape index (κ2) is 6.34. The van der Waals surface area contributed by atoms with Crippen LogP contribution in [-0.4, -0.2) is 24.7 Å². The smallest absolute Gasteiger partial charge is 0.246 e. The average Bonchev–Trinajstić information content (AvgIpc) is 2.80. The first-order valence-corrected chi connectivity index (χ1v) is 8.20. The number of aliphatic hydroxyl groups excluding tert-OH is 1. The largest absolute Gasteiger partial charge is 0.387 e. The van der Waals surface area contributed by atoms with Crippen LogP contribution in [-0.2, 0) is 10.0 Å². The lowest BCUT2D eigenvalue weighted by atomic mass is 10.0. The Kier molecular flexibility index (Phi) is 4.83. The van der Waals surface area contributed by atoms with Gasteiger partial charge in [-0.1, -0.05) is 11.2 Å². The lowest BCUT2D eigenvalue weighted by molar-refractivity contribution is 0.146. The molecule has 0 amide bonds. The van der Waals surface area contributed by atoms with Crippen LogP contribution in [0.3, 0.4) is 0 Å². The number of sulfonamides is 1. The molecule has 126 valence electrons. The van der Waals surface area contributed by atoms with E-state index in [9.17, 15) is 22.3 Å². The molecule has 1 aromatic heterocycles. The zero-order chi connectivity index (χ0) is 17.4. The summed E-state index contributed by atoms with van der Waals surface area (Å²) in [5.74, 6) is -2.06. The van der Waals surface area contributed by atoms with Gasteiger partial charge in [-0.2, -0.15) is 0 Å². The maximum atomic E-state index is 13.2. The molecule has 0 fully saturated rings. The fraction of sp³-hybridized carbons (Fsp3) is 0.357. The van der Waals surface area contributed by atoms with Gasteiger partial charge in [-0.15, -0.1) is 0 Å². The Balaban J connectivity index is 2.23. The number of rotatable bonds is 5. The first-order chi connectivity index (χ1) is 10.6. The van der Waals surface area contributed by atoms with E-state index in [-0.39, 0.29) is 21.9 Å². The van der Waals surface area contributed by atoms with E-state index in [1.165, 1.54) is 26.8 Å². The number of nitrogens with one attached hydrogen (secondary N) is 1. The summed E-state index contributed by atoms with van der Waals surface area (Å²) in [6.07, 6.45) is -1.36. The third-order valence-electron chi connectivity index (χ3n) is 3.34. The zero-order valence-electron chi connectivity index (χ0n) is 12.7. The van der Waals surface area contributed by atoms with Crippen LogP contribution >= 0.6 is 0 Å². The minimum Gasteiger partial charge on any atom is -0.387 e. The van der Waals surface area contributed by atoms with Crippen LogP contribution in [0.2, 0.25) is 0 Å². The van der Waals surface area contributed by atoms with Crippen molar-refractivity contribution in [1.82, 2.24) is 9.88 Å². The van der Waals surface area contributed by atoms with E-state index in [1.807, 2.05) is 0 Å². The maximum absolute atomic E-state index is 13.2. The van der Waals surface area contributed by atoms with Gasteiger partial charge in [0.1, 0.15) is 10.6 Å². The number of nitrogens with zero attached hydrogens (tertiary/aromatic N) is 1. The second-order valence-electron chi connectivity index (χ2n) is 5.18. The molecule has 0 saturated heterocycles. The minimum absolute atomic E-state index is 0.0536. The number of hydrogen-bond donors (Lipinski definition) is 2. The van der Waals surface area contributed by atoms with Gasteiger partial charge in [-0.05, 0) is 38.5 Å². The van der Waals surface area contributed by atoms with Crippen molar-refractivity contribution in [3.8, 4) is 0 Å².